The molecule has 2 heterocycles. The Morgan fingerprint density at radius 1 is 1.06 bits per heavy atom. The second kappa shape index (κ2) is 8.32. The van der Waals surface area contributed by atoms with Crippen molar-refractivity contribution in [3.63, 3.8) is 0 Å². The van der Waals surface area contributed by atoms with Gasteiger partial charge in [-0.1, -0.05) is 6.07 Å². The van der Waals surface area contributed by atoms with Crippen molar-refractivity contribution in [3.8, 4) is 11.5 Å². The monoisotopic (exact) mass is 459 g/mol. The van der Waals surface area contributed by atoms with Crippen molar-refractivity contribution >= 4 is 16.9 Å². The maximum absolute atomic E-state index is 13.5. The van der Waals surface area contributed by atoms with Crippen LogP contribution in [0.3, 0.4) is 0 Å². The van der Waals surface area contributed by atoms with Crippen LogP contribution in [0.4, 0.5) is 13.2 Å². The molecule has 0 spiro atoms. The fourth-order valence-corrected chi connectivity index (χ4v) is 4.47. The molecule has 1 atom stereocenters. The van der Waals surface area contributed by atoms with Crippen molar-refractivity contribution in [2.24, 2.45) is 5.92 Å². The van der Waals surface area contributed by atoms with Crippen LogP contribution in [-0.2, 0) is 24.1 Å². The van der Waals surface area contributed by atoms with Crippen LogP contribution in [0.2, 0.25) is 0 Å². The van der Waals surface area contributed by atoms with Gasteiger partial charge >= 0.3 is 12.1 Å². The first-order valence-electron chi connectivity index (χ1n) is 11.1. The van der Waals surface area contributed by atoms with Crippen LogP contribution < -0.4 is 9.47 Å². The second-order valence-electron chi connectivity index (χ2n) is 8.90. The summed E-state index contributed by atoms with van der Waals surface area (Å²) in [6.07, 6.45) is -1.60. The normalized spacial score (nSPS) is 17.8. The first-order valence-corrected chi connectivity index (χ1v) is 11.1. The number of carboxylic acid groups (broad SMARTS) is 1. The number of alkyl halides is 3. The summed E-state index contributed by atoms with van der Waals surface area (Å²) in [5.74, 6) is -0.0623. The van der Waals surface area contributed by atoms with E-state index >= 15 is 0 Å². The predicted molar refractivity (Wildman–Crippen MR) is 116 cm³/mol. The average molecular weight is 459 g/mol. The summed E-state index contributed by atoms with van der Waals surface area (Å²) in [5, 5.41) is 10.1. The maximum atomic E-state index is 13.5. The van der Waals surface area contributed by atoms with E-state index in [9.17, 15) is 18.0 Å². The van der Waals surface area contributed by atoms with Crippen LogP contribution in [-0.4, -0.2) is 22.2 Å². The van der Waals surface area contributed by atoms with E-state index < -0.39 is 17.7 Å². The summed E-state index contributed by atoms with van der Waals surface area (Å²) < 4.78 is 53.9. The van der Waals surface area contributed by atoms with Crippen molar-refractivity contribution in [3.05, 3.63) is 59.3 Å². The molecule has 2 aliphatic rings. The fraction of sp³-hybridized carbons (Fsp3) is 0.400. The molecule has 1 aromatic heterocycles. The number of ether oxygens (including phenoxy) is 2. The SMILES string of the molecule is O=C(O)C[C@H]1CCn2c1cc1cc(OCc3ccc(OCC4CC4)c(C(F)(F)F)c3)ccc12. The summed E-state index contributed by atoms with van der Waals surface area (Å²) >= 11 is 0. The van der Waals surface area contributed by atoms with Crippen molar-refractivity contribution in [2.45, 2.75) is 50.9 Å². The Kier molecular flexibility index (Phi) is 5.46. The first-order chi connectivity index (χ1) is 15.8. The van der Waals surface area contributed by atoms with E-state index in [2.05, 4.69) is 4.57 Å². The zero-order valence-electron chi connectivity index (χ0n) is 17.9. The zero-order valence-corrected chi connectivity index (χ0v) is 17.9. The second-order valence-corrected chi connectivity index (χ2v) is 8.90. The minimum atomic E-state index is -4.51. The Hall–Kier alpha value is -3.16. The number of benzene rings is 2. The minimum absolute atomic E-state index is 0.00725. The van der Waals surface area contributed by atoms with Gasteiger partial charge in [0, 0.05) is 29.1 Å². The molecule has 3 aromatic rings. The number of halogens is 3. The number of carbonyl (C=O) groups is 1. The van der Waals surface area contributed by atoms with E-state index in [0.29, 0.717) is 23.8 Å². The lowest BCUT2D eigenvalue weighted by Gasteiger charge is -2.15. The van der Waals surface area contributed by atoms with Gasteiger partial charge in [0.2, 0.25) is 0 Å². The first kappa shape index (κ1) is 21.7. The lowest BCUT2D eigenvalue weighted by Crippen LogP contribution is -2.11. The molecule has 1 N–H and O–H groups in total. The third-order valence-corrected chi connectivity index (χ3v) is 6.37. The van der Waals surface area contributed by atoms with Crippen LogP contribution in [0.1, 0.15) is 48.4 Å². The molecule has 1 aliphatic heterocycles. The summed E-state index contributed by atoms with van der Waals surface area (Å²) in [5.41, 5.74) is 1.62. The molecule has 8 heteroatoms. The van der Waals surface area contributed by atoms with Crippen molar-refractivity contribution < 1.29 is 32.5 Å². The number of hydrogen-bond donors (Lipinski definition) is 1. The number of carboxylic acids is 1. The Balaban J connectivity index is 1.31. The van der Waals surface area contributed by atoms with E-state index in [-0.39, 0.29) is 24.7 Å². The Morgan fingerprint density at radius 3 is 2.61 bits per heavy atom. The van der Waals surface area contributed by atoms with Gasteiger partial charge in [0.1, 0.15) is 18.1 Å². The smallest absolute Gasteiger partial charge is 0.419 e. The van der Waals surface area contributed by atoms with Gasteiger partial charge in [-0.3, -0.25) is 4.79 Å². The van der Waals surface area contributed by atoms with Gasteiger partial charge in [-0.2, -0.15) is 13.2 Å². The van der Waals surface area contributed by atoms with Gasteiger partial charge < -0.3 is 19.1 Å². The molecule has 5 nitrogen and oxygen atoms in total. The molecule has 1 aliphatic carbocycles. The lowest BCUT2D eigenvalue weighted by molar-refractivity contribution is -0.139. The van der Waals surface area contributed by atoms with E-state index in [1.54, 1.807) is 12.1 Å². The highest BCUT2D eigenvalue weighted by Crippen LogP contribution is 2.39. The number of aromatic nitrogens is 1. The molecular formula is C25H24F3NO4. The molecule has 0 amide bonds. The van der Waals surface area contributed by atoms with Crippen LogP contribution in [0.5, 0.6) is 11.5 Å². The number of hydrogen-bond acceptors (Lipinski definition) is 3. The molecule has 2 aromatic carbocycles. The van der Waals surface area contributed by atoms with E-state index in [4.69, 9.17) is 14.6 Å². The average Bonchev–Trinajstić information content (AvgIpc) is 3.42. The van der Waals surface area contributed by atoms with Gasteiger partial charge in [0.25, 0.3) is 0 Å². The van der Waals surface area contributed by atoms with Gasteiger partial charge in [0.05, 0.1) is 18.6 Å². The third-order valence-electron chi connectivity index (χ3n) is 6.37. The maximum Gasteiger partial charge on any atom is 0.419 e. The predicted octanol–water partition coefficient (Wildman–Crippen LogP) is 5.99. The fourth-order valence-electron chi connectivity index (χ4n) is 4.47. The van der Waals surface area contributed by atoms with Gasteiger partial charge in [-0.25, -0.2) is 0 Å². The highest BCUT2D eigenvalue weighted by atomic mass is 19.4. The van der Waals surface area contributed by atoms with Crippen molar-refractivity contribution in [2.75, 3.05) is 6.61 Å². The summed E-state index contributed by atoms with van der Waals surface area (Å²) in [6.45, 7) is 1.08. The van der Waals surface area contributed by atoms with Gasteiger partial charge in [-0.05, 0) is 67.1 Å². The Bertz CT molecular complexity index is 1200. The highest BCUT2D eigenvalue weighted by molar-refractivity contribution is 5.83. The number of aryl methyl sites for hydroxylation is 1. The number of nitrogens with zero attached hydrogens (tertiary/aromatic N) is 1. The number of aliphatic carboxylic acids is 1. The van der Waals surface area contributed by atoms with Crippen LogP contribution in [0.15, 0.2) is 42.5 Å². The van der Waals surface area contributed by atoms with Crippen molar-refractivity contribution in [1.29, 1.82) is 0 Å². The van der Waals surface area contributed by atoms with Crippen LogP contribution in [0.25, 0.3) is 10.9 Å². The summed E-state index contributed by atoms with van der Waals surface area (Å²) in [4.78, 5) is 11.1. The zero-order chi connectivity index (χ0) is 23.2. The standard InChI is InChI=1S/C25H24F3NO4/c26-25(27,28)20-9-16(3-6-23(20)33-13-15-1-2-15)14-32-19-4-5-21-18(10-19)11-22-17(12-24(30)31)7-8-29(21)22/h3-6,9-11,15,17H,1-2,7-8,12-14H2,(H,30,31)/t17-/m1/s1. The molecule has 0 saturated heterocycles. The molecule has 0 bridgehead atoms. The third kappa shape index (κ3) is 4.65. The molecule has 1 saturated carbocycles. The van der Waals surface area contributed by atoms with Gasteiger partial charge in [0.15, 0.2) is 0 Å². The number of fused-ring (bicyclic) bond motifs is 3. The molecule has 0 radical (unpaired) electrons. The molecule has 5 rings (SSSR count). The lowest BCUT2D eigenvalue weighted by atomic mass is 10.0. The molecule has 33 heavy (non-hydrogen) atoms. The molecular weight excluding hydrogens is 435 g/mol. The Labute approximate surface area is 188 Å². The quantitative estimate of drug-likeness (QED) is 0.450. The van der Waals surface area contributed by atoms with Crippen LogP contribution >= 0.6 is 0 Å². The van der Waals surface area contributed by atoms with E-state index in [1.165, 1.54) is 6.07 Å². The highest BCUT2D eigenvalue weighted by Gasteiger charge is 2.35. The number of rotatable bonds is 8. The minimum Gasteiger partial charge on any atom is -0.493 e. The topological polar surface area (TPSA) is 60.7 Å². The molecule has 0 unspecified atom stereocenters. The van der Waals surface area contributed by atoms with Crippen LogP contribution in [0, 0.1) is 5.92 Å². The molecule has 1 fully saturated rings. The summed E-state index contributed by atoms with van der Waals surface area (Å²) in [6, 6.07) is 11.6. The Morgan fingerprint density at radius 2 is 1.88 bits per heavy atom. The van der Waals surface area contributed by atoms with E-state index in [1.807, 2.05) is 18.2 Å². The van der Waals surface area contributed by atoms with Crippen molar-refractivity contribution in [1.82, 2.24) is 4.57 Å². The van der Waals surface area contributed by atoms with E-state index in [0.717, 1.165) is 48.5 Å². The molecule has 174 valence electrons. The van der Waals surface area contributed by atoms with Gasteiger partial charge in [-0.15, -0.1) is 0 Å². The largest absolute Gasteiger partial charge is 0.493 e. The summed E-state index contributed by atoms with van der Waals surface area (Å²) in [7, 11) is 0.